The van der Waals surface area contributed by atoms with E-state index in [4.69, 9.17) is 9.47 Å². The van der Waals surface area contributed by atoms with Gasteiger partial charge in [-0.05, 0) is 25.3 Å². The summed E-state index contributed by atoms with van der Waals surface area (Å²) in [5.74, 6) is -0.980. The molecule has 2 aliphatic heterocycles. The molecule has 6 nitrogen and oxygen atoms in total. The highest BCUT2D eigenvalue weighted by Crippen LogP contribution is 2.27. The molecular weight excluding hydrogens is 388 g/mol. The summed E-state index contributed by atoms with van der Waals surface area (Å²) in [6.45, 7) is 3.26. The first-order valence-electron chi connectivity index (χ1n) is 9.53. The summed E-state index contributed by atoms with van der Waals surface area (Å²) in [5.41, 5.74) is -0.465. The van der Waals surface area contributed by atoms with Crippen molar-refractivity contribution in [1.82, 2.24) is 9.97 Å². The quantitative estimate of drug-likeness (QED) is 0.761. The molecule has 0 spiro atoms. The Balaban J connectivity index is 1.55. The molecule has 4 rings (SSSR count). The Morgan fingerprint density at radius 2 is 1.96 bits per heavy atom. The zero-order valence-corrected chi connectivity index (χ0v) is 16.2. The minimum absolute atomic E-state index is 0.0260. The number of aromatic nitrogens is 2. The van der Waals surface area contributed by atoms with E-state index >= 15 is 0 Å². The van der Waals surface area contributed by atoms with E-state index in [1.165, 1.54) is 6.07 Å². The Hall–Kier alpha value is -1.71. The third-order valence-corrected chi connectivity index (χ3v) is 6.54. The van der Waals surface area contributed by atoms with E-state index in [1.54, 1.807) is 11.8 Å². The number of benzene rings is 1. The molecule has 2 aromatic rings. The highest BCUT2D eigenvalue weighted by Gasteiger charge is 2.21. The van der Waals surface area contributed by atoms with Crippen LogP contribution in [0.4, 0.5) is 14.5 Å². The number of aromatic amines is 1. The van der Waals surface area contributed by atoms with Crippen molar-refractivity contribution in [2.45, 2.75) is 30.3 Å². The van der Waals surface area contributed by atoms with Crippen LogP contribution in [0, 0.1) is 17.6 Å². The van der Waals surface area contributed by atoms with Crippen molar-refractivity contribution >= 4 is 28.4 Å². The van der Waals surface area contributed by atoms with Gasteiger partial charge in [0.2, 0.25) is 0 Å². The van der Waals surface area contributed by atoms with E-state index in [2.05, 4.69) is 15.3 Å². The maximum atomic E-state index is 14.5. The molecular formula is C19H23F2N3O3S. The van der Waals surface area contributed by atoms with Crippen molar-refractivity contribution in [3.63, 3.8) is 0 Å². The van der Waals surface area contributed by atoms with Gasteiger partial charge < -0.3 is 19.8 Å². The average molecular weight is 411 g/mol. The molecule has 1 unspecified atom stereocenters. The lowest BCUT2D eigenvalue weighted by Gasteiger charge is -2.21. The van der Waals surface area contributed by atoms with E-state index in [1.807, 2.05) is 0 Å². The standard InChI is InChI=1S/C19H23F2N3O3S/c20-17-14(22-8-11-1-4-27-9-11)7-13-16(18(17)21)19(25)24-15(23-13)10-28-12-2-5-26-6-3-12/h7,11-12,22H,1-6,8-10H2,(H,23,24,25). The Bertz CT molecular complexity index is 896. The van der Waals surface area contributed by atoms with Crippen LogP contribution in [-0.2, 0) is 15.2 Å². The third kappa shape index (κ3) is 4.31. The predicted molar refractivity (Wildman–Crippen MR) is 105 cm³/mol. The largest absolute Gasteiger partial charge is 0.382 e. The molecule has 152 valence electrons. The topological polar surface area (TPSA) is 76.2 Å². The van der Waals surface area contributed by atoms with E-state index in [9.17, 15) is 13.6 Å². The van der Waals surface area contributed by atoms with Crippen LogP contribution in [-0.4, -0.2) is 48.2 Å². The van der Waals surface area contributed by atoms with Crippen molar-refractivity contribution in [1.29, 1.82) is 0 Å². The van der Waals surface area contributed by atoms with E-state index in [0.29, 0.717) is 36.6 Å². The van der Waals surface area contributed by atoms with Crippen LogP contribution in [0.25, 0.3) is 10.9 Å². The summed E-state index contributed by atoms with van der Waals surface area (Å²) in [5, 5.41) is 3.05. The van der Waals surface area contributed by atoms with Gasteiger partial charge in [0.05, 0.1) is 23.6 Å². The number of hydrogen-bond acceptors (Lipinski definition) is 6. The fourth-order valence-corrected chi connectivity index (χ4v) is 4.57. The lowest BCUT2D eigenvalue weighted by Crippen LogP contribution is -2.19. The molecule has 1 aromatic heterocycles. The molecule has 0 amide bonds. The molecule has 1 aromatic carbocycles. The number of rotatable bonds is 6. The highest BCUT2D eigenvalue weighted by molar-refractivity contribution is 7.99. The monoisotopic (exact) mass is 411 g/mol. The van der Waals surface area contributed by atoms with Crippen molar-refractivity contribution in [3.8, 4) is 0 Å². The summed E-state index contributed by atoms with van der Waals surface area (Å²) in [6, 6.07) is 1.42. The molecule has 28 heavy (non-hydrogen) atoms. The van der Waals surface area contributed by atoms with Crippen LogP contribution in [0.2, 0.25) is 0 Å². The van der Waals surface area contributed by atoms with Crippen LogP contribution in [0.15, 0.2) is 10.9 Å². The maximum Gasteiger partial charge on any atom is 0.261 e. The number of anilines is 1. The number of nitrogens with zero attached hydrogens (tertiary/aromatic N) is 1. The molecule has 2 aliphatic rings. The first-order chi connectivity index (χ1) is 13.6. The number of halogens is 2. The number of thioether (sulfide) groups is 1. The van der Waals surface area contributed by atoms with Gasteiger partial charge in [-0.1, -0.05) is 0 Å². The lowest BCUT2D eigenvalue weighted by molar-refractivity contribution is 0.1000. The van der Waals surface area contributed by atoms with Gasteiger partial charge in [0, 0.05) is 37.5 Å². The molecule has 0 aliphatic carbocycles. The molecule has 9 heteroatoms. The Labute approximate surface area is 165 Å². The van der Waals surface area contributed by atoms with Crippen molar-refractivity contribution in [2.75, 3.05) is 38.3 Å². The summed E-state index contributed by atoms with van der Waals surface area (Å²) in [4.78, 5) is 19.3. The summed E-state index contributed by atoms with van der Waals surface area (Å²) in [6.07, 6.45) is 2.80. The van der Waals surface area contributed by atoms with Gasteiger partial charge in [-0.3, -0.25) is 4.79 Å². The van der Waals surface area contributed by atoms with Crippen molar-refractivity contribution in [3.05, 3.63) is 33.9 Å². The van der Waals surface area contributed by atoms with Gasteiger partial charge in [0.25, 0.3) is 5.56 Å². The molecule has 2 N–H and O–H groups in total. The van der Waals surface area contributed by atoms with Gasteiger partial charge in [-0.15, -0.1) is 0 Å². The fraction of sp³-hybridized carbons (Fsp3) is 0.579. The van der Waals surface area contributed by atoms with E-state index in [0.717, 1.165) is 32.5 Å². The SMILES string of the molecule is O=c1[nH]c(CSC2CCOCC2)nc2cc(NCC3CCOC3)c(F)c(F)c12. The number of fused-ring (bicyclic) bond motifs is 1. The van der Waals surface area contributed by atoms with Gasteiger partial charge in [0.15, 0.2) is 11.6 Å². The summed E-state index contributed by atoms with van der Waals surface area (Å²) < 4.78 is 39.6. The van der Waals surface area contributed by atoms with Crippen LogP contribution < -0.4 is 10.9 Å². The average Bonchev–Trinajstić information content (AvgIpc) is 3.22. The molecule has 1 atom stereocenters. The van der Waals surface area contributed by atoms with E-state index in [-0.39, 0.29) is 22.5 Å². The number of ether oxygens (including phenoxy) is 2. The Morgan fingerprint density at radius 1 is 1.18 bits per heavy atom. The van der Waals surface area contributed by atoms with E-state index < -0.39 is 17.2 Å². The lowest BCUT2D eigenvalue weighted by atomic mass is 10.1. The first-order valence-corrected chi connectivity index (χ1v) is 10.6. The van der Waals surface area contributed by atoms with Gasteiger partial charge >= 0.3 is 0 Å². The maximum absolute atomic E-state index is 14.5. The molecule has 0 saturated carbocycles. The van der Waals surface area contributed by atoms with Gasteiger partial charge in [-0.25, -0.2) is 13.8 Å². The van der Waals surface area contributed by atoms with Gasteiger partial charge in [0.1, 0.15) is 11.2 Å². The zero-order chi connectivity index (χ0) is 19.5. The normalized spacial score (nSPS) is 20.7. The third-order valence-electron chi connectivity index (χ3n) is 5.16. The second-order valence-corrected chi connectivity index (χ2v) is 8.48. The molecule has 3 heterocycles. The van der Waals surface area contributed by atoms with Crippen LogP contribution in [0.1, 0.15) is 25.1 Å². The second kappa shape index (κ2) is 8.75. The van der Waals surface area contributed by atoms with Crippen molar-refractivity contribution < 1.29 is 18.3 Å². The molecule has 2 fully saturated rings. The molecule has 0 radical (unpaired) electrons. The minimum atomic E-state index is -1.17. The molecule has 2 saturated heterocycles. The summed E-state index contributed by atoms with van der Waals surface area (Å²) in [7, 11) is 0. The summed E-state index contributed by atoms with van der Waals surface area (Å²) >= 11 is 1.70. The van der Waals surface area contributed by atoms with Crippen molar-refractivity contribution in [2.24, 2.45) is 5.92 Å². The van der Waals surface area contributed by atoms with Gasteiger partial charge in [-0.2, -0.15) is 11.8 Å². The fourth-order valence-electron chi connectivity index (χ4n) is 3.52. The number of H-pyrrole nitrogens is 1. The highest BCUT2D eigenvalue weighted by atomic mass is 32.2. The van der Waals surface area contributed by atoms with Crippen LogP contribution in [0.5, 0.6) is 0 Å². The molecule has 0 bridgehead atoms. The number of nitrogens with one attached hydrogen (secondary N) is 2. The second-order valence-electron chi connectivity index (χ2n) is 7.19. The Morgan fingerprint density at radius 3 is 2.71 bits per heavy atom. The zero-order valence-electron chi connectivity index (χ0n) is 15.4. The van der Waals surface area contributed by atoms with Crippen LogP contribution in [0.3, 0.4) is 0 Å². The smallest absolute Gasteiger partial charge is 0.261 e. The van der Waals surface area contributed by atoms with Crippen LogP contribution >= 0.6 is 11.8 Å². The minimum Gasteiger partial charge on any atom is -0.382 e. The number of hydrogen-bond donors (Lipinski definition) is 2. The Kier molecular flexibility index (Phi) is 6.13. The predicted octanol–water partition coefficient (Wildman–Crippen LogP) is 3.06. The first kappa shape index (κ1) is 19.6.